The summed E-state index contributed by atoms with van der Waals surface area (Å²) in [7, 11) is 1.56. The van der Waals surface area contributed by atoms with Gasteiger partial charge in [0.1, 0.15) is 11.4 Å². The Hall–Kier alpha value is -2.63. The summed E-state index contributed by atoms with van der Waals surface area (Å²) in [6, 6.07) is 9.74. The van der Waals surface area contributed by atoms with E-state index in [9.17, 15) is 9.59 Å². The minimum absolute atomic E-state index is 0.189. The summed E-state index contributed by atoms with van der Waals surface area (Å²) < 4.78 is 6.32. The number of nitrogens with zero attached hydrogens (tertiary/aromatic N) is 2. The average molecular weight is 273 g/mol. The molecule has 0 spiro atoms. The predicted molar refractivity (Wildman–Crippen MR) is 75.1 cm³/mol. The van der Waals surface area contributed by atoms with Crippen LogP contribution in [0.2, 0.25) is 0 Å². The van der Waals surface area contributed by atoms with Gasteiger partial charge in [0.2, 0.25) is 0 Å². The van der Waals surface area contributed by atoms with E-state index in [4.69, 9.17) is 4.74 Å². The van der Waals surface area contributed by atoms with E-state index in [-0.39, 0.29) is 17.2 Å². The lowest BCUT2D eigenvalue weighted by Gasteiger charge is -2.07. The maximum atomic E-state index is 12.1. The van der Waals surface area contributed by atoms with Crippen LogP contribution in [-0.4, -0.2) is 22.8 Å². The lowest BCUT2D eigenvalue weighted by molar-refractivity contribution is 0.102. The van der Waals surface area contributed by atoms with E-state index in [0.29, 0.717) is 18.0 Å². The molecule has 20 heavy (non-hydrogen) atoms. The summed E-state index contributed by atoms with van der Waals surface area (Å²) >= 11 is 0. The molecule has 0 aliphatic rings. The molecule has 104 valence electrons. The molecule has 2 aromatic rings. The van der Waals surface area contributed by atoms with Crippen LogP contribution in [-0.2, 0) is 6.54 Å². The van der Waals surface area contributed by atoms with Crippen LogP contribution in [0.25, 0.3) is 0 Å². The Bertz CT molecular complexity index is 679. The van der Waals surface area contributed by atoms with Crippen LogP contribution in [0.1, 0.15) is 17.4 Å². The van der Waals surface area contributed by atoms with Crippen molar-refractivity contribution in [2.24, 2.45) is 0 Å². The zero-order valence-corrected chi connectivity index (χ0v) is 11.3. The number of anilines is 1. The summed E-state index contributed by atoms with van der Waals surface area (Å²) in [5, 5.41) is 6.70. The van der Waals surface area contributed by atoms with Crippen molar-refractivity contribution >= 4 is 11.6 Å². The number of carbonyl (C=O) groups excluding carboxylic acids is 1. The highest BCUT2D eigenvalue weighted by atomic mass is 16.5. The predicted octanol–water partition coefficient (Wildman–Crippen LogP) is 1.52. The fraction of sp³-hybridized carbons (Fsp3) is 0.214. The van der Waals surface area contributed by atoms with Gasteiger partial charge in [0.15, 0.2) is 0 Å². The number of benzene rings is 1. The van der Waals surface area contributed by atoms with Crippen molar-refractivity contribution < 1.29 is 9.53 Å². The maximum absolute atomic E-state index is 12.1. The van der Waals surface area contributed by atoms with Gasteiger partial charge in [0, 0.05) is 24.4 Å². The smallest absolute Gasteiger partial charge is 0.276 e. The first-order valence-electron chi connectivity index (χ1n) is 6.17. The van der Waals surface area contributed by atoms with E-state index in [1.165, 1.54) is 16.8 Å². The molecule has 6 nitrogen and oxygen atoms in total. The van der Waals surface area contributed by atoms with E-state index in [1.807, 2.05) is 0 Å². The second-order valence-corrected chi connectivity index (χ2v) is 4.06. The molecule has 1 aromatic carbocycles. The van der Waals surface area contributed by atoms with Gasteiger partial charge in [0.25, 0.3) is 11.5 Å². The van der Waals surface area contributed by atoms with Crippen molar-refractivity contribution in [3.63, 3.8) is 0 Å². The maximum Gasteiger partial charge on any atom is 0.276 e. The summed E-state index contributed by atoms with van der Waals surface area (Å²) in [6.45, 7) is 2.21. The van der Waals surface area contributed by atoms with Crippen molar-refractivity contribution in [3.05, 3.63) is 52.4 Å². The molecular weight excluding hydrogens is 258 g/mol. The third-order valence-electron chi connectivity index (χ3n) is 2.73. The number of aryl methyl sites for hydroxylation is 1. The second-order valence-electron chi connectivity index (χ2n) is 4.06. The van der Waals surface area contributed by atoms with Gasteiger partial charge in [-0.15, -0.1) is 0 Å². The van der Waals surface area contributed by atoms with Gasteiger partial charge in [-0.1, -0.05) is 6.07 Å². The van der Waals surface area contributed by atoms with Crippen LogP contribution in [0.15, 0.2) is 41.2 Å². The monoisotopic (exact) mass is 273 g/mol. The third-order valence-corrected chi connectivity index (χ3v) is 2.73. The van der Waals surface area contributed by atoms with Crippen LogP contribution in [0.3, 0.4) is 0 Å². The fourth-order valence-corrected chi connectivity index (χ4v) is 1.69. The molecule has 6 heteroatoms. The Balaban J connectivity index is 2.21. The van der Waals surface area contributed by atoms with Crippen molar-refractivity contribution in [2.75, 3.05) is 12.4 Å². The van der Waals surface area contributed by atoms with E-state index < -0.39 is 0 Å². The minimum Gasteiger partial charge on any atom is -0.497 e. The number of hydrogen-bond donors (Lipinski definition) is 1. The third kappa shape index (κ3) is 3.03. The van der Waals surface area contributed by atoms with Crippen LogP contribution in [0, 0.1) is 0 Å². The van der Waals surface area contributed by atoms with Crippen molar-refractivity contribution in [2.45, 2.75) is 13.5 Å². The molecule has 0 fully saturated rings. The van der Waals surface area contributed by atoms with Gasteiger partial charge in [-0.05, 0) is 25.1 Å². The molecule has 1 amide bonds. The average Bonchev–Trinajstić information content (AvgIpc) is 2.47. The summed E-state index contributed by atoms with van der Waals surface area (Å²) in [5.41, 5.74) is 0.560. The first-order valence-corrected chi connectivity index (χ1v) is 6.17. The molecule has 1 N–H and O–H groups in total. The molecular formula is C14H15N3O3. The summed E-state index contributed by atoms with van der Waals surface area (Å²) in [4.78, 5) is 23.5. The number of methoxy groups -OCH3 is 1. The van der Waals surface area contributed by atoms with E-state index in [2.05, 4.69) is 10.4 Å². The van der Waals surface area contributed by atoms with Gasteiger partial charge < -0.3 is 10.1 Å². The van der Waals surface area contributed by atoms with Crippen LogP contribution in [0.5, 0.6) is 5.75 Å². The topological polar surface area (TPSA) is 73.2 Å². The number of carbonyl (C=O) groups is 1. The number of ether oxygens (including phenoxy) is 1. The quantitative estimate of drug-likeness (QED) is 0.916. The molecule has 0 atom stereocenters. The Morgan fingerprint density at radius 1 is 1.35 bits per heavy atom. The molecule has 0 aliphatic heterocycles. The van der Waals surface area contributed by atoms with Gasteiger partial charge >= 0.3 is 0 Å². The molecule has 0 saturated carbocycles. The standard InChI is InChI=1S/C14H15N3O3/c1-3-17-13(18)8-7-12(16-17)14(19)15-10-5-4-6-11(9-10)20-2/h4-9H,3H2,1-2H3,(H,15,19). The molecule has 1 heterocycles. The summed E-state index contributed by atoms with van der Waals surface area (Å²) in [5.74, 6) is 0.273. The molecule has 0 aliphatic carbocycles. The molecule has 2 rings (SSSR count). The van der Waals surface area contributed by atoms with Crippen molar-refractivity contribution in [1.29, 1.82) is 0 Å². The van der Waals surface area contributed by atoms with Crippen LogP contribution in [0.4, 0.5) is 5.69 Å². The van der Waals surface area contributed by atoms with E-state index >= 15 is 0 Å². The van der Waals surface area contributed by atoms with E-state index in [0.717, 1.165) is 0 Å². The first-order chi connectivity index (χ1) is 9.63. The Morgan fingerprint density at radius 2 is 2.15 bits per heavy atom. The van der Waals surface area contributed by atoms with Crippen molar-refractivity contribution in [1.82, 2.24) is 9.78 Å². The lowest BCUT2D eigenvalue weighted by Crippen LogP contribution is -2.25. The van der Waals surface area contributed by atoms with Crippen molar-refractivity contribution in [3.8, 4) is 5.75 Å². The number of amides is 1. The van der Waals surface area contributed by atoms with E-state index in [1.54, 1.807) is 38.3 Å². The second kappa shape index (κ2) is 6.01. The molecule has 0 radical (unpaired) electrons. The van der Waals surface area contributed by atoms with Crippen LogP contribution >= 0.6 is 0 Å². The molecule has 0 saturated heterocycles. The zero-order valence-electron chi connectivity index (χ0n) is 11.3. The molecule has 1 aromatic heterocycles. The summed E-state index contributed by atoms with van der Waals surface area (Å²) in [6.07, 6.45) is 0. The highest BCUT2D eigenvalue weighted by Gasteiger charge is 2.09. The number of aromatic nitrogens is 2. The number of hydrogen-bond acceptors (Lipinski definition) is 4. The number of rotatable bonds is 4. The Morgan fingerprint density at radius 3 is 2.85 bits per heavy atom. The van der Waals surface area contributed by atoms with Gasteiger partial charge in [-0.3, -0.25) is 9.59 Å². The largest absolute Gasteiger partial charge is 0.497 e. The molecule has 0 bridgehead atoms. The lowest BCUT2D eigenvalue weighted by atomic mass is 10.3. The van der Waals surface area contributed by atoms with Gasteiger partial charge in [0.05, 0.1) is 7.11 Å². The normalized spacial score (nSPS) is 10.1. The highest BCUT2D eigenvalue weighted by molar-refractivity contribution is 6.02. The zero-order chi connectivity index (χ0) is 14.5. The Kier molecular flexibility index (Phi) is 4.14. The van der Waals surface area contributed by atoms with Gasteiger partial charge in [-0.2, -0.15) is 5.10 Å². The molecule has 0 unspecified atom stereocenters. The fourth-order valence-electron chi connectivity index (χ4n) is 1.69. The number of nitrogens with one attached hydrogen (secondary N) is 1. The minimum atomic E-state index is -0.375. The SMILES string of the molecule is CCn1nc(C(=O)Nc2cccc(OC)c2)ccc1=O. The van der Waals surface area contributed by atoms with Crippen LogP contribution < -0.4 is 15.6 Å². The van der Waals surface area contributed by atoms with Gasteiger partial charge in [-0.25, -0.2) is 4.68 Å². The Labute approximate surface area is 116 Å². The first kappa shape index (κ1) is 13.8. The highest BCUT2D eigenvalue weighted by Crippen LogP contribution is 2.17.